The maximum Gasteiger partial charge on any atom is 0.293 e. The van der Waals surface area contributed by atoms with Gasteiger partial charge in [-0.05, 0) is 26.0 Å². The summed E-state index contributed by atoms with van der Waals surface area (Å²) in [5.74, 6) is -0.230. The average Bonchev–Trinajstić information content (AvgIpc) is 2.67. The fourth-order valence-electron chi connectivity index (χ4n) is 3.55. The van der Waals surface area contributed by atoms with Gasteiger partial charge in [-0.1, -0.05) is 30.3 Å². The molecule has 1 N–H and O–H groups in total. The van der Waals surface area contributed by atoms with Gasteiger partial charge in [0.15, 0.2) is 5.78 Å². The van der Waals surface area contributed by atoms with Crippen LogP contribution in [0.25, 0.3) is 0 Å². The number of nitro benzene ring substituents is 1. The third-order valence-electron chi connectivity index (χ3n) is 4.73. The molecule has 0 amide bonds. The highest BCUT2D eigenvalue weighted by molar-refractivity contribution is 6.09. The molecule has 28 heavy (non-hydrogen) atoms. The Kier molecular flexibility index (Phi) is 6.38. The molecule has 2 unspecified atom stereocenters. The van der Waals surface area contributed by atoms with E-state index in [9.17, 15) is 14.9 Å². The van der Waals surface area contributed by atoms with E-state index in [1.54, 1.807) is 36.4 Å². The maximum absolute atomic E-state index is 12.6. The first-order chi connectivity index (χ1) is 13.4. The molecule has 2 atom stereocenters. The van der Waals surface area contributed by atoms with Crippen molar-refractivity contribution in [3.63, 3.8) is 0 Å². The molecule has 0 aliphatic carbocycles. The summed E-state index contributed by atoms with van der Waals surface area (Å²) >= 11 is 0. The Morgan fingerprint density at radius 3 is 2.46 bits per heavy atom. The molecule has 7 nitrogen and oxygen atoms in total. The van der Waals surface area contributed by atoms with Crippen molar-refractivity contribution in [2.45, 2.75) is 26.1 Å². The minimum Gasteiger partial charge on any atom is -0.378 e. The molecule has 1 saturated heterocycles. The van der Waals surface area contributed by atoms with Crippen molar-refractivity contribution in [3.05, 3.63) is 69.8 Å². The second-order valence-corrected chi connectivity index (χ2v) is 7.13. The van der Waals surface area contributed by atoms with Crippen LogP contribution in [0.4, 0.5) is 11.4 Å². The topological polar surface area (TPSA) is 84.7 Å². The molecular formula is C21H25N3O4. The predicted molar refractivity (Wildman–Crippen MR) is 108 cm³/mol. The van der Waals surface area contributed by atoms with Gasteiger partial charge in [0.25, 0.3) is 5.69 Å². The van der Waals surface area contributed by atoms with Crippen molar-refractivity contribution in [2.75, 3.05) is 31.5 Å². The van der Waals surface area contributed by atoms with Crippen LogP contribution in [-0.2, 0) is 4.74 Å². The van der Waals surface area contributed by atoms with E-state index in [1.807, 2.05) is 19.9 Å². The minimum absolute atomic E-state index is 0.0921. The second kappa shape index (κ2) is 8.95. The zero-order chi connectivity index (χ0) is 20.1. The number of rotatable bonds is 7. The first kappa shape index (κ1) is 20.0. The zero-order valence-electron chi connectivity index (χ0n) is 16.1. The summed E-state index contributed by atoms with van der Waals surface area (Å²) in [5, 5.41) is 14.7. The van der Waals surface area contributed by atoms with E-state index in [1.165, 1.54) is 6.07 Å². The molecule has 2 aromatic carbocycles. The molecule has 0 saturated carbocycles. The first-order valence-electron chi connectivity index (χ1n) is 9.44. The molecule has 0 bridgehead atoms. The fraction of sp³-hybridized carbons (Fsp3) is 0.381. The number of benzene rings is 2. The maximum atomic E-state index is 12.6. The van der Waals surface area contributed by atoms with Crippen molar-refractivity contribution < 1.29 is 14.5 Å². The van der Waals surface area contributed by atoms with Crippen molar-refractivity contribution >= 4 is 17.2 Å². The van der Waals surface area contributed by atoms with E-state index in [-0.39, 0.29) is 23.7 Å². The Labute approximate surface area is 164 Å². The molecule has 1 heterocycles. The highest BCUT2D eigenvalue weighted by Gasteiger charge is 2.22. The van der Waals surface area contributed by atoms with Crippen LogP contribution >= 0.6 is 0 Å². The summed E-state index contributed by atoms with van der Waals surface area (Å²) in [7, 11) is 0. The summed E-state index contributed by atoms with van der Waals surface area (Å²) in [6, 6.07) is 13.3. The summed E-state index contributed by atoms with van der Waals surface area (Å²) in [6.45, 7) is 7.12. The average molecular weight is 383 g/mol. The van der Waals surface area contributed by atoms with Gasteiger partial charge in [-0.25, -0.2) is 0 Å². The Balaban J connectivity index is 1.68. The van der Waals surface area contributed by atoms with E-state index in [0.717, 1.165) is 19.6 Å². The lowest BCUT2D eigenvalue weighted by atomic mass is 10.0. The number of carbonyl (C=O) groups excluding carboxylic acids is 1. The highest BCUT2D eigenvalue weighted by atomic mass is 16.6. The lowest BCUT2D eigenvalue weighted by molar-refractivity contribution is -0.384. The van der Waals surface area contributed by atoms with Crippen LogP contribution in [0.5, 0.6) is 0 Å². The number of ketones is 1. The van der Waals surface area contributed by atoms with Crippen LogP contribution in [0.2, 0.25) is 0 Å². The molecule has 0 aromatic heterocycles. The molecule has 1 aliphatic rings. The van der Waals surface area contributed by atoms with Crippen LogP contribution in [0.3, 0.4) is 0 Å². The molecule has 2 aromatic rings. The Hall–Kier alpha value is -2.77. The van der Waals surface area contributed by atoms with Crippen molar-refractivity contribution in [2.24, 2.45) is 0 Å². The van der Waals surface area contributed by atoms with E-state index in [2.05, 4.69) is 10.2 Å². The van der Waals surface area contributed by atoms with Crippen LogP contribution < -0.4 is 5.32 Å². The number of hydrogen-bond donors (Lipinski definition) is 1. The molecule has 0 spiro atoms. The van der Waals surface area contributed by atoms with Gasteiger partial charge < -0.3 is 10.1 Å². The van der Waals surface area contributed by atoms with Gasteiger partial charge in [0, 0.05) is 43.4 Å². The SMILES string of the molecule is CC1CN(CCNc2ccc(C(=O)c3ccccc3)cc2[N+](=O)[O-])CC(C)O1. The van der Waals surface area contributed by atoms with Crippen LogP contribution in [0.15, 0.2) is 48.5 Å². The minimum atomic E-state index is -0.455. The molecular weight excluding hydrogens is 358 g/mol. The van der Waals surface area contributed by atoms with Gasteiger partial charge >= 0.3 is 0 Å². The van der Waals surface area contributed by atoms with Gasteiger partial charge in [-0.2, -0.15) is 0 Å². The van der Waals surface area contributed by atoms with E-state index in [0.29, 0.717) is 23.4 Å². The summed E-state index contributed by atoms with van der Waals surface area (Å²) < 4.78 is 5.72. The number of carbonyl (C=O) groups is 1. The third-order valence-corrected chi connectivity index (χ3v) is 4.73. The lowest BCUT2D eigenvalue weighted by Crippen LogP contribution is -2.46. The number of nitrogens with one attached hydrogen (secondary N) is 1. The van der Waals surface area contributed by atoms with Crippen molar-refractivity contribution in [3.8, 4) is 0 Å². The van der Waals surface area contributed by atoms with E-state index < -0.39 is 4.92 Å². The van der Waals surface area contributed by atoms with E-state index >= 15 is 0 Å². The number of hydrogen-bond acceptors (Lipinski definition) is 6. The van der Waals surface area contributed by atoms with Gasteiger partial charge in [0.05, 0.1) is 17.1 Å². The van der Waals surface area contributed by atoms with Crippen LogP contribution in [0.1, 0.15) is 29.8 Å². The Morgan fingerprint density at radius 2 is 1.82 bits per heavy atom. The molecule has 3 rings (SSSR count). The van der Waals surface area contributed by atoms with Gasteiger partial charge in [-0.3, -0.25) is 19.8 Å². The summed E-state index contributed by atoms with van der Waals surface area (Å²) in [4.78, 5) is 25.9. The quantitative estimate of drug-likeness (QED) is 0.448. The fourth-order valence-corrected chi connectivity index (χ4v) is 3.55. The smallest absolute Gasteiger partial charge is 0.293 e. The number of nitro groups is 1. The van der Waals surface area contributed by atoms with Crippen LogP contribution in [-0.4, -0.2) is 54.0 Å². The number of nitrogens with zero attached hydrogens (tertiary/aromatic N) is 2. The molecule has 148 valence electrons. The summed E-state index contributed by atoms with van der Waals surface area (Å²) in [6.07, 6.45) is 0.364. The van der Waals surface area contributed by atoms with E-state index in [4.69, 9.17) is 4.74 Å². The molecule has 7 heteroatoms. The Morgan fingerprint density at radius 1 is 1.14 bits per heavy atom. The molecule has 0 radical (unpaired) electrons. The summed E-state index contributed by atoms with van der Waals surface area (Å²) in [5.41, 5.74) is 1.14. The largest absolute Gasteiger partial charge is 0.378 e. The van der Waals surface area contributed by atoms with Crippen LogP contribution in [0, 0.1) is 10.1 Å². The number of anilines is 1. The second-order valence-electron chi connectivity index (χ2n) is 7.13. The predicted octanol–water partition coefficient (Wildman–Crippen LogP) is 3.35. The van der Waals surface area contributed by atoms with Crippen molar-refractivity contribution in [1.82, 2.24) is 4.90 Å². The lowest BCUT2D eigenvalue weighted by Gasteiger charge is -2.35. The third kappa shape index (κ3) is 4.94. The standard InChI is InChI=1S/C21H25N3O4/c1-15-13-23(14-16(2)28-15)11-10-22-19-9-8-18(12-20(19)24(26)27)21(25)17-6-4-3-5-7-17/h3-9,12,15-16,22H,10-11,13-14H2,1-2H3. The highest BCUT2D eigenvalue weighted by Crippen LogP contribution is 2.26. The molecule has 1 aliphatic heterocycles. The zero-order valence-corrected chi connectivity index (χ0v) is 16.1. The van der Waals surface area contributed by atoms with Gasteiger partial charge in [0.1, 0.15) is 5.69 Å². The van der Waals surface area contributed by atoms with Crippen molar-refractivity contribution in [1.29, 1.82) is 0 Å². The van der Waals surface area contributed by atoms with Gasteiger partial charge in [0.2, 0.25) is 0 Å². The first-order valence-corrected chi connectivity index (χ1v) is 9.44. The van der Waals surface area contributed by atoms with Gasteiger partial charge in [-0.15, -0.1) is 0 Å². The number of morpholine rings is 1. The number of ether oxygens (including phenoxy) is 1. The monoisotopic (exact) mass is 383 g/mol. The normalized spacial score (nSPS) is 19.9. The Bertz CT molecular complexity index is 831. The molecule has 1 fully saturated rings.